The largest absolute Gasteiger partial charge is 0.463 e. The van der Waals surface area contributed by atoms with E-state index in [-0.39, 0.29) is 0 Å². The average molecular weight is 293 g/mol. The van der Waals surface area contributed by atoms with Crippen LogP contribution in [0.25, 0.3) is 0 Å². The molecule has 1 atom stereocenters. The van der Waals surface area contributed by atoms with E-state index in [2.05, 4.69) is 49.1 Å². The molecule has 0 aromatic carbocycles. The van der Waals surface area contributed by atoms with E-state index in [1.807, 2.05) is 0 Å². The Balaban J connectivity index is 1.89. The topological polar surface area (TPSA) is 31.7 Å². The molecule has 4 heteroatoms. The third kappa shape index (κ3) is 4.83. The second kappa shape index (κ2) is 7.97. The van der Waals surface area contributed by atoms with Crippen molar-refractivity contribution in [2.75, 3.05) is 33.7 Å². The van der Waals surface area contributed by atoms with Crippen LogP contribution in [0, 0.1) is 6.92 Å². The van der Waals surface area contributed by atoms with Crippen LogP contribution in [-0.4, -0.2) is 49.6 Å². The monoisotopic (exact) mass is 293 g/mol. The first-order chi connectivity index (χ1) is 10.1. The van der Waals surface area contributed by atoms with Crippen molar-refractivity contribution in [1.82, 2.24) is 15.1 Å². The Labute approximate surface area is 129 Å². The van der Waals surface area contributed by atoms with Gasteiger partial charge in [-0.05, 0) is 65.0 Å². The van der Waals surface area contributed by atoms with Gasteiger partial charge in [0.15, 0.2) is 0 Å². The van der Waals surface area contributed by atoms with E-state index < -0.39 is 0 Å². The van der Waals surface area contributed by atoms with Gasteiger partial charge in [-0.25, -0.2) is 0 Å². The third-order valence-corrected chi connectivity index (χ3v) is 4.37. The van der Waals surface area contributed by atoms with Gasteiger partial charge in [0, 0.05) is 12.6 Å². The van der Waals surface area contributed by atoms with Gasteiger partial charge < -0.3 is 14.6 Å². The lowest BCUT2D eigenvalue weighted by Crippen LogP contribution is -2.44. The minimum atomic E-state index is 0.681. The van der Waals surface area contributed by atoms with E-state index in [4.69, 9.17) is 4.42 Å². The van der Waals surface area contributed by atoms with Gasteiger partial charge in [-0.1, -0.05) is 6.92 Å². The molecule has 2 heterocycles. The number of nitrogens with one attached hydrogen (secondary N) is 1. The van der Waals surface area contributed by atoms with Crippen molar-refractivity contribution >= 4 is 0 Å². The van der Waals surface area contributed by atoms with Crippen molar-refractivity contribution in [2.24, 2.45) is 0 Å². The van der Waals surface area contributed by atoms with Crippen LogP contribution in [0.2, 0.25) is 0 Å². The van der Waals surface area contributed by atoms with Gasteiger partial charge >= 0.3 is 0 Å². The Kier molecular flexibility index (Phi) is 6.27. The van der Waals surface area contributed by atoms with Crippen LogP contribution in [0.1, 0.15) is 43.3 Å². The van der Waals surface area contributed by atoms with Gasteiger partial charge in [-0.15, -0.1) is 0 Å². The van der Waals surface area contributed by atoms with Gasteiger partial charge in [0.05, 0.1) is 13.1 Å². The van der Waals surface area contributed by atoms with E-state index in [0.717, 1.165) is 44.1 Å². The van der Waals surface area contributed by atoms with Crippen LogP contribution in [0.5, 0.6) is 0 Å². The number of furan rings is 1. The standard InChI is InChI=1S/C17H31N3O/c1-5-8-18-11-17-14(2)10-16(21-17)13-20-9-6-7-15(12-20)19(3)4/h10,15,18H,5-9,11-13H2,1-4H3. The number of hydrogen-bond acceptors (Lipinski definition) is 4. The molecule has 1 fully saturated rings. The molecule has 0 spiro atoms. The van der Waals surface area contributed by atoms with Gasteiger partial charge in [0.2, 0.25) is 0 Å². The molecule has 1 aliphatic heterocycles. The third-order valence-electron chi connectivity index (χ3n) is 4.37. The number of likely N-dealkylation sites (N-methyl/N-ethyl adjacent to an activating group) is 1. The molecule has 21 heavy (non-hydrogen) atoms. The maximum absolute atomic E-state index is 6.04. The van der Waals surface area contributed by atoms with Crippen LogP contribution in [0.3, 0.4) is 0 Å². The number of rotatable bonds is 7. The summed E-state index contributed by atoms with van der Waals surface area (Å²) < 4.78 is 6.04. The van der Waals surface area contributed by atoms with Crippen molar-refractivity contribution in [3.05, 3.63) is 23.2 Å². The smallest absolute Gasteiger partial charge is 0.120 e. The minimum absolute atomic E-state index is 0.681. The van der Waals surface area contributed by atoms with Crippen LogP contribution >= 0.6 is 0 Å². The zero-order valence-corrected chi connectivity index (χ0v) is 14.1. The van der Waals surface area contributed by atoms with E-state index in [9.17, 15) is 0 Å². The first-order valence-corrected chi connectivity index (χ1v) is 8.27. The van der Waals surface area contributed by atoms with Crippen molar-refractivity contribution in [3.63, 3.8) is 0 Å². The van der Waals surface area contributed by atoms with E-state index >= 15 is 0 Å². The first-order valence-electron chi connectivity index (χ1n) is 8.27. The maximum atomic E-state index is 6.04. The molecular formula is C17H31N3O. The summed E-state index contributed by atoms with van der Waals surface area (Å²) in [6.07, 6.45) is 3.76. The van der Waals surface area contributed by atoms with Gasteiger partial charge in [0.1, 0.15) is 11.5 Å². The molecule has 0 amide bonds. The molecule has 1 aromatic rings. The summed E-state index contributed by atoms with van der Waals surface area (Å²) in [5.74, 6) is 2.21. The zero-order chi connectivity index (χ0) is 15.2. The zero-order valence-electron chi connectivity index (χ0n) is 14.1. The number of hydrogen-bond donors (Lipinski definition) is 1. The second-order valence-electron chi connectivity index (χ2n) is 6.49. The molecule has 1 aliphatic rings. The summed E-state index contributed by atoms with van der Waals surface area (Å²) in [4.78, 5) is 4.87. The van der Waals surface area contributed by atoms with E-state index in [1.54, 1.807) is 0 Å². The van der Waals surface area contributed by atoms with Crippen LogP contribution in [0.15, 0.2) is 10.5 Å². The molecule has 1 unspecified atom stereocenters. The summed E-state index contributed by atoms with van der Waals surface area (Å²) in [6.45, 7) is 9.51. The van der Waals surface area contributed by atoms with Gasteiger partial charge in [-0.3, -0.25) is 4.90 Å². The van der Waals surface area contributed by atoms with Crippen molar-refractivity contribution < 1.29 is 4.42 Å². The molecule has 4 nitrogen and oxygen atoms in total. The van der Waals surface area contributed by atoms with Crippen molar-refractivity contribution in [2.45, 2.75) is 52.2 Å². The highest BCUT2D eigenvalue weighted by Crippen LogP contribution is 2.20. The van der Waals surface area contributed by atoms with E-state index in [1.165, 1.54) is 24.9 Å². The second-order valence-corrected chi connectivity index (χ2v) is 6.49. The first kappa shape index (κ1) is 16.5. The predicted molar refractivity (Wildman–Crippen MR) is 87.4 cm³/mol. The Morgan fingerprint density at radius 2 is 2.24 bits per heavy atom. The molecule has 0 saturated carbocycles. The lowest BCUT2D eigenvalue weighted by Gasteiger charge is -2.35. The molecule has 0 bridgehead atoms. The number of likely N-dealkylation sites (tertiary alicyclic amines) is 1. The predicted octanol–water partition coefficient (Wildman–Crippen LogP) is 2.61. The SMILES string of the molecule is CCCNCc1oc(CN2CCCC(N(C)C)C2)cc1C. The molecule has 2 rings (SSSR count). The van der Waals surface area contributed by atoms with Crippen molar-refractivity contribution in [1.29, 1.82) is 0 Å². The van der Waals surface area contributed by atoms with Crippen LogP contribution in [0.4, 0.5) is 0 Å². The number of nitrogens with zero attached hydrogens (tertiary/aromatic N) is 2. The normalized spacial score (nSPS) is 20.3. The fraction of sp³-hybridized carbons (Fsp3) is 0.765. The van der Waals surface area contributed by atoms with Gasteiger partial charge in [-0.2, -0.15) is 0 Å². The fourth-order valence-corrected chi connectivity index (χ4v) is 3.04. The highest BCUT2D eigenvalue weighted by molar-refractivity contribution is 5.20. The lowest BCUT2D eigenvalue weighted by molar-refractivity contribution is 0.121. The fourth-order valence-electron chi connectivity index (χ4n) is 3.04. The molecular weight excluding hydrogens is 262 g/mol. The summed E-state index contributed by atoms with van der Waals surface area (Å²) in [6, 6.07) is 2.89. The quantitative estimate of drug-likeness (QED) is 0.783. The average Bonchev–Trinajstić information content (AvgIpc) is 2.79. The molecule has 1 saturated heterocycles. The molecule has 120 valence electrons. The highest BCUT2D eigenvalue weighted by atomic mass is 16.3. The molecule has 1 aromatic heterocycles. The Hall–Kier alpha value is -0.840. The van der Waals surface area contributed by atoms with Gasteiger partial charge in [0.25, 0.3) is 0 Å². The summed E-state index contributed by atoms with van der Waals surface area (Å²) in [5.41, 5.74) is 1.27. The Bertz CT molecular complexity index is 428. The van der Waals surface area contributed by atoms with E-state index in [0.29, 0.717) is 6.04 Å². The number of aryl methyl sites for hydroxylation is 1. The van der Waals surface area contributed by atoms with Crippen LogP contribution in [-0.2, 0) is 13.1 Å². The molecule has 0 radical (unpaired) electrons. The lowest BCUT2D eigenvalue weighted by atomic mass is 10.0. The summed E-state index contributed by atoms with van der Waals surface area (Å²) >= 11 is 0. The minimum Gasteiger partial charge on any atom is -0.463 e. The highest BCUT2D eigenvalue weighted by Gasteiger charge is 2.22. The molecule has 1 N–H and O–H groups in total. The Morgan fingerprint density at radius 3 is 2.95 bits per heavy atom. The molecule has 0 aliphatic carbocycles. The van der Waals surface area contributed by atoms with Crippen molar-refractivity contribution in [3.8, 4) is 0 Å². The Morgan fingerprint density at radius 1 is 1.43 bits per heavy atom. The summed E-state index contributed by atoms with van der Waals surface area (Å²) in [5, 5.41) is 3.42. The number of piperidine rings is 1. The summed E-state index contributed by atoms with van der Waals surface area (Å²) in [7, 11) is 4.37. The maximum Gasteiger partial charge on any atom is 0.120 e. The van der Waals surface area contributed by atoms with Crippen LogP contribution < -0.4 is 5.32 Å².